The first-order chi connectivity index (χ1) is 12.6. The number of carbonyl (C=O) groups is 3. The third-order valence-electron chi connectivity index (χ3n) is 3.94. The van der Waals surface area contributed by atoms with Crippen molar-refractivity contribution in [1.29, 1.82) is 0 Å². The maximum absolute atomic E-state index is 12.5. The first-order valence-electron chi connectivity index (χ1n) is 8.36. The number of hydrogen-bond acceptors (Lipinski definition) is 5. The fourth-order valence-electron chi connectivity index (χ4n) is 2.53. The van der Waals surface area contributed by atoms with Gasteiger partial charge < -0.3 is 0 Å². The molecular weight excluding hydrogens is 332 g/mol. The van der Waals surface area contributed by atoms with Gasteiger partial charge in [0.1, 0.15) is 5.57 Å². The summed E-state index contributed by atoms with van der Waals surface area (Å²) in [4.78, 5) is 45.9. The van der Waals surface area contributed by atoms with Crippen LogP contribution in [0.1, 0.15) is 25.3 Å². The quantitative estimate of drug-likeness (QED) is 0.660. The van der Waals surface area contributed by atoms with Gasteiger partial charge >= 0.3 is 6.03 Å². The zero-order chi connectivity index (χ0) is 18.5. The molecule has 132 valence electrons. The molecule has 1 aromatic carbocycles. The Labute approximate surface area is 150 Å². The normalized spacial score (nSPS) is 16.1. The minimum Gasteiger partial charge on any atom is -0.273 e. The highest BCUT2D eigenvalue weighted by molar-refractivity contribution is 6.30. The van der Waals surface area contributed by atoms with Crippen molar-refractivity contribution in [2.24, 2.45) is 0 Å². The zero-order valence-electron chi connectivity index (χ0n) is 14.3. The first-order valence-corrected chi connectivity index (χ1v) is 8.36. The molecule has 0 saturated carbocycles. The van der Waals surface area contributed by atoms with E-state index in [9.17, 15) is 14.4 Å². The number of nitrogens with one attached hydrogen (secondary N) is 1. The number of rotatable bonds is 5. The molecule has 1 fully saturated rings. The highest BCUT2D eigenvalue weighted by Gasteiger charge is 2.35. The third kappa shape index (κ3) is 3.66. The van der Waals surface area contributed by atoms with Gasteiger partial charge in [0.25, 0.3) is 11.8 Å². The summed E-state index contributed by atoms with van der Waals surface area (Å²) in [7, 11) is 0. The van der Waals surface area contributed by atoms with Crippen molar-refractivity contribution >= 4 is 23.9 Å². The Kier molecular flexibility index (Phi) is 5.17. The fourth-order valence-corrected chi connectivity index (χ4v) is 2.53. The molecule has 26 heavy (non-hydrogen) atoms. The van der Waals surface area contributed by atoms with Gasteiger partial charge in [-0.15, -0.1) is 0 Å². The van der Waals surface area contributed by atoms with Crippen molar-refractivity contribution in [1.82, 2.24) is 20.2 Å². The maximum Gasteiger partial charge on any atom is 0.331 e. The molecule has 1 saturated heterocycles. The van der Waals surface area contributed by atoms with Gasteiger partial charge in [-0.2, -0.15) is 0 Å². The summed E-state index contributed by atoms with van der Waals surface area (Å²) < 4.78 is 0. The highest BCUT2D eigenvalue weighted by Crippen LogP contribution is 2.17. The second kappa shape index (κ2) is 7.69. The number of aromatic nitrogens is 2. The van der Waals surface area contributed by atoms with E-state index in [-0.39, 0.29) is 12.1 Å². The lowest BCUT2D eigenvalue weighted by Crippen LogP contribution is -2.54. The van der Waals surface area contributed by atoms with Gasteiger partial charge in [0.15, 0.2) is 5.82 Å². The predicted octanol–water partition coefficient (Wildman–Crippen LogP) is 2.41. The van der Waals surface area contributed by atoms with E-state index < -0.39 is 17.8 Å². The molecule has 0 atom stereocenters. The number of barbiturate groups is 1. The molecule has 1 N–H and O–H groups in total. The summed E-state index contributed by atoms with van der Waals surface area (Å²) in [6.45, 7) is 2.23. The first kappa shape index (κ1) is 17.5. The molecule has 4 amide bonds. The molecule has 0 spiro atoms. The molecule has 0 radical (unpaired) electrons. The Hall–Kier alpha value is -3.35. The van der Waals surface area contributed by atoms with Crippen LogP contribution in [-0.2, 0) is 9.59 Å². The number of imide groups is 2. The van der Waals surface area contributed by atoms with Crippen LogP contribution in [0.25, 0.3) is 17.5 Å². The second-order valence-corrected chi connectivity index (χ2v) is 5.83. The van der Waals surface area contributed by atoms with Crippen LogP contribution in [0.3, 0.4) is 0 Å². The predicted molar refractivity (Wildman–Crippen MR) is 95.6 cm³/mol. The largest absolute Gasteiger partial charge is 0.331 e. The van der Waals surface area contributed by atoms with E-state index >= 15 is 0 Å². The van der Waals surface area contributed by atoms with Crippen LogP contribution in [-0.4, -0.2) is 39.3 Å². The van der Waals surface area contributed by atoms with E-state index in [2.05, 4.69) is 15.3 Å². The number of benzene rings is 1. The lowest BCUT2D eigenvalue weighted by atomic mass is 10.1. The van der Waals surface area contributed by atoms with E-state index in [1.165, 1.54) is 18.5 Å². The van der Waals surface area contributed by atoms with E-state index in [1.807, 2.05) is 37.3 Å². The topological polar surface area (TPSA) is 92.3 Å². The van der Waals surface area contributed by atoms with Crippen LogP contribution in [0.15, 0.2) is 48.3 Å². The summed E-state index contributed by atoms with van der Waals surface area (Å²) in [5.74, 6) is -0.758. The van der Waals surface area contributed by atoms with Gasteiger partial charge in [0.2, 0.25) is 0 Å². The fraction of sp³-hybridized carbons (Fsp3) is 0.211. The van der Waals surface area contributed by atoms with Crippen LogP contribution in [0.4, 0.5) is 4.79 Å². The van der Waals surface area contributed by atoms with Gasteiger partial charge in [-0.05, 0) is 12.5 Å². The summed E-state index contributed by atoms with van der Waals surface area (Å²) in [6, 6.07) is 8.79. The van der Waals surface area contributed by atoms with Crippen LogP contribution in [0, 0.1) is 0 Å². The number of carbonyl (C=O) groups excluding carboxylic acids is 3. The molecule has 0 unspecified atom stereocenters. The molecule has 7 nitrogen and oxygen atoms in total. The minimum absolute atomic E-state index is 0.100. The molecule has 1 aromatic heterocycles. The second-order valence-electron chi connectivity index (χ2n) is 5.83. The van der Waals surface area contributed by atoms with Crippen LogP contribution in [0.5, 0.6) is 0 Å². The van der Waals surface area contributed by atoms with Gasteiger partial charge in [-0.1, -0.05) is 43.7 Å². The maximum atomic E-state index is 12.5. The summed E-state index contributed by atoms with van der Waals surface area (Å²) >= 11 is 0. The summed E-state index contributed by atoms with van der Waals surface area (Å²) in [6.07, 6.45) is 5.98. The van der Waals surface area contributed by atoms with E-state index in [0.29, 0.717) is 17.8 Å². The van der Waals surface area contributed by atoms with Crippen molar-refractivity contribution in [2.45, 2.75) is 19.8 Å². The number of hydrogen-bond donors (Lipinski definition) is 1. The molecular formula is C19H18N4O3. The lowest BCUT2D eigenvalue weighted by Gasteiger charge is -2.26. The van der Waals surface area contributed by atoms with Crippen LogP contribution >= 0.6 is 0 Å². The number of urea groups is 1. The van der Waals surface area contributed by atoms with Gasteiger partial charge in [-0.25, -0.2) is 14.8 Å². The van der Waals surface area contributed by atoms with Crippen LogP contribution < -0.4 is 5.32 Å². The van der Waals surface area contributed by atoms with E-state index in [4.69, 9.17) is 0 Å². The zero-order valence-corrected chi connectivity index (χ0v) is 14.3. The SMILES string of the molecule is CCCCN1C(=O)NC(=O)/C(=C\c2cnc(-c3ccccc3)nc2)C1=O. The molecule has 1 aliphatic heterocycles. The molecule has 2 heterocycles. The van der Waals surface area contributed by atoms with Crippen molar-refractivity contribution in [3.63, 3.8) is 0 Å². The van der Waals surface area contributed by atoms with Crippen molar-refractivity contribution in [3.8, 4) is 11.4 Å². The van der Waals surface area contributed by atoms with Gasteiger partial charge in [-0.3, -0.25) is 19.8 Å². The third-order valence-corrected chi connectivity index (χ3v) is 3.94. The molecule has 0 bridgehead atoms. The Morgan fingerprint density at radius 2 is 1.77 bits per heavy atom. The number of nitrogens with zero attached hydrogens (tertiary/aromatic N) is 3. The van der Waals surface area contributed by atoms with Crippen molar-refractivity contribution in [3.05, 3.63) is 53.9 Å². The average Bonchev–Trinajstić information content (AvgIpc) is 2.66. The number of unbranched alkanes of at least 4 members (excludes halogenated alkanes) is 1. The molecule has 7 heteroatoms. The van der Waals surface area contributed by atoms with Crippen molar-refractivity contribution < 1.29 is 14.4 Å². The standard InChI is InChI=1S/C19H18N4O3/c1-2-3-9-23-18(25)15(17(24)22-19(23)26)10-13-11-20-16(21-12-13)14-7-5-4-6-8-14/h4-8,10-12H,2-3,9H2,1H3,(H,22,24,26)/b15-10+. The Morgan fingerprint density at radius 3 is 2.42 bits per heavy atom. The van der Waals surface area contributed by atoms with Crippen LogP contribution in [0.2, 0.25) is 0 Å². The molecule has 2 aromatic rings. The highest BCUT2D eigenvalue weighted by atomic mass is 16.2. The molecule has 3 rings (SSSR count). The average molecular weight is 350 g/mol. The Morgan fingerprint density at radius 1 is 1.08 bits per heavy atom. The molecule has 1 aliphatic rings. The lowest BCUT2D eigenvalue weighted by molar-refractivity contribution is -0.130. The molecule has 0 aliphatic carbocycles. The Balaban J connectivity index is 1.84. The Bertz CT molecular complexity index is 860. The summed E-state index contributed by atoms with van der Waals surface area (Å²) in [5, 5.41) is 2.19. The van der Waals surface area contributed by atoms with E-state index in [0.717, 1.165) is 16.9 Å². The van der Waals surface area contributed by atoms with Gasteiger partial charge in [0.05, 0.1) is 0 Å². The van der Waals surface area contributed by atoms with Crippen molar-refractivity contribution in [2.75, 3.05) is 6.54 Å². The monoisotopic (exact) mass is 350 g/mol. The van der Waals surface area contributed by atoms with E-state index in [1.54, 1.807) is 0 Å². The minimum atomic E-state index is -0.708. The number of amides is 4. The summed E-state index contributed by atoms with van der Waals surface area (Å²) in [5.41, 5.74) is 1.28. The smallest absolute Gasteiger partial charge is 0.273 e. The van der Waals surface area contributed by atoms with Gasteiger partial charge in [0, 0.05) is 30.1 Å².